The number of carbonyl (C=O) groups is 2. The van der Waals surface area contributed by atoms with Crippen LogP contribution in [0, 0.1) is 5.92 Å². The zero-order valence-corrected chi connectivity index (χ0v) is 11.5. The van der Waals surface area contributed by atoms with Gasteiger partial charge in [0.15, 0.2) is 0 Å². The molecule has 1 atom stereocenters. The summed E-state index contributed by atoms with van der Waals surface area (Å²) in [6, 6.07) is 7.19. The Morgan fingerprint density at radius 3 is 2.60 bits per heavy atom. The van der Waals surface area contributed by atoms with Crippen molar-refractivity contribution < 1.29 is 9.59 Å². The number of primary amides is 1. The summed E-state index contributed by atoms with van der Waals surface area (Å²) < 4.78 is 0. The minimum Gasteiger partial charge on any atom is -0.368 e. The zero-order valence-electron chi connectivity index (χ0n) is 11.5. The van der Waals surface area contributed by atoms with Gasteiger partial charge in [-0.1, -0.05) is 31.0 Å². The summed E-state index contributed by atoms with van der Waals surface area (Å²) in [5, 5.41) is 0. The van der Waals surface area contributed by atoms with Gasteiger partial charge in [0.2, 0.25) is 11.8 Å². The minimum absolute atomic E-state index is 0.0469. The van der Waals surface area contributed by atoms with Gasteiger partial charge in [0.1, 0.15) is 6.04 Å². The summed E-state index contributed by atoms with van der Waals surface area (Å²) in [7, 11) is 0. The highest BCUT2D eigenvalue weighted by Gasteiger charge is 2.37. The van der Waals surface area contributed by atoms with Crippen molar-refractivity contribution in [2.24, 2.45) is 11.7 Å². The number of hydrogen-bond donors (Lipinski definition) is 1. The molecule has 1 aromatic rings. The van der Waals surface area contributed by atoms with Crippen LogP contribution in [0.4, 0.5) is 5.69 Å². The van der Waals surface area contributed by atoms with Crippen molar-refractivity contribution in [3.63, 3.8) is 0 Å². The van der Waals surface area contributed by atoms with E-state index in [2.05, 4.69) is 0 Å². The second-order valence-corrected chi connectivity index (χ2v) is 5.87. The van der Waals surface area contributed by atoms with Crippen LogP contribution < -0.4 is 10.6 Å². The Morgan fingerprint density at radius 2 is 1.90 bits per heavy atom. The molecule has 1 fully saturated rings. The van der Waals surface area contributed by atoms with Crippen molar-refractivity contribution in [1.29, 1.82) is 0 Å². The molecule has 1 heterocycles. The van der Waals surface area contributed by atoms with Crippen LogP contribution in [0.1, 0.15) is 37.7 Å². The lowest BCUT2D eigenvalue weighted by molar-refractivity contribution is -0.124. The third kappa shape index (κ3) is 2.30. The highest BCUT2D eigenvalue weighted by atomic mass is 16.2. The van der Waals surface area contributed by atoms with Gasteiger partial charge >= 0.3 is 0 Å². The predicted octanol–water partition coefficient (Wildman–Crippen LogP) is 2.01. The van der Waals surface area contributed by atoms with Crippen molar-refractivity contribution >= 4 is 17.5 Å². The molecule has 1 aromatic carbocycles. The van der Waals surface area contributed by atoms with Crippen LogP contribution in [-0.2, 0) is 16.0 Å². The highest BCUT2D eigenvalue weighted by molar-refractivity contribution is 6.03. The second-order valence-electron chi connectivity index (χ2n) is 5.87. The molecule has 2 N–H and O–H groups in total. The topological polar surface area (TPSA) is 63.4 Å². The second kappa shape index (κ2) is 5.27. The van der Waals surface area contributed by atoms with E-state index in [1.165, 1.54) is 12.8 Å². The maximum Gasteiger partial charge on any atom is 0.240 e. The first-order chi connectivity index (χ1) is 9.66. The molecule has 0 spiro atoms. The fourth-order valence-corrected chi connectivity index (χ4v) is 3.48. The van der Waals surface area contributed by atoms with E-state index in [1.54, 1.807) is 4.90 Å². The molecule has 4 heteroatoms. The molecule has 4 nitrogen and oxygen atoms in total. The van der Waals surface area contributed by atoms with Gasteiger partial charge in [0.05, 0.1) is 0 Å². The molecule has 1 aliphatic heterocycles. The Kier molecular flexibility index (Phi) is 3.47. The lowest BCUT2D eigenvalue weighted by Crippen LogP contribution is -2.46. The van der Waals surface area contributed by atoms with Crippen LogP contribution in [0.5, 0.6) is 0 Å². The number of benzene rings is 1. The Hall–Kier alpha value is -1.84. The molecule has 0 bridgehead atoms. The first-order valence-electron chi connectivity index (χ1n) is 7.36. The van der Waals surface area contributed by atoms with Crippen molar-refractivity contribution in [2.75, 3.05) is 4.90 Å². The van der Waals surface area contributed by atoms with Gasteiger partial charge in [-0.15, -0.1) is 0 Å². The SMILES string of the molecule is NC(=O)[C@@H]1Cc2ccccc2N1C(=O)CC1CCCC1. The quantitative estimate of drug-likeness (QED) is 0.914. The molecule has 3 rings (SSSR count). The molecule has 2 aliphatic rings. The number of para-hydroxylation sites is 1. The smallest absolute Gasteiger partial charge is 0.240 e. The number of carbonyl (C=O) groups excluding carboxylic acids is 2. The third-order valence-corrected chi connectivity index (χ3v) is 4.51. The predicted molar refractivity (Wildman–Crippen MR) is 77.2 cm³/mol. The van der Waals surface area contributed by atoms with E-state index in [9.17, 15) is 9.59 Å². The average Bonchev–Trinajstić information content (AvgIpc) is 3.04. The normalized spacial score (nSPS) is 22.0. The van der Waals surface area contributed by atoms with Gasteiger partial charge < -0.3 is 5.73 Å². The van der Waals surface area contributed by atoms with Crippen LogP contribution in [0.15, 0.2) is 24.3 Å². The zero-order chi connectivity index (χ0) is 14.1. The molecule has 1 saturated carbocycles. The third-order valence-electron chi connectivity index (χ3n) is 4.51. The first-order valence-corrected chi connectivity index (χ1v) is 7.36. The van der Waals surface area contributed by atoms with Gasteiger partial charge in [-0.3, -0.25) is 14.5 Å². The molecule has 0 unspecified atom stereocenters. The molecule has 0 aromatic heterocycles. The van der Waals surface area contributed by atoms with Crippen molar-refractivity contribution in [3.8, 4) is 0 Å². The minimum atomic E-state index is -0.513. The van der Waals surface area contributed by atoms with Gasteiger partial charge in [-0.05, 0) is 30.4 Å². The van der Waals surface area contributed by atoms with E-state index in [1.807, 2.05) is 24.3 Å². The summed E-state index contributed by atoms with van der Waals surface area (Å²) >= 11 is 0. The number of nitrogens with zero attached hydrogens (tertiary/aromatic N) is 1. The van der Waals surface area contributed by atoms with Gasteiger partial charge in [0, 0.05) is 18.5 Å². The summed E-state index contributed by atoms with van der Waals surface area (Å²) in [6.07, 6.45) is 5.77. The maximum atomic E-state index is 12.6. The maximum absolute atomic E-state index is 12.6. The van der Waals surface area contributed by atoms with E-state index in [0.717, 1.165) is 24.1 Å². The number of anilines is 1. The molecule has 2 amide bonds. The Labute approximate surface area is 118 Å². The van der Waals surface area contributed by atoms with Crippen molar-refractivity contribution in [1.82, 2.24) is 0 Å². The van der Waals surface area contributed by atoms with Gasteiger partial charge in [-0.2, -0.15) is 0 Å². The van der Waals surface area contributed by atoms with E-state index >= 15 is 0 Å². The number of rotatable bonds is 3. The average molecular weight is 272 g/mol. The van der Waals surface area contributed by atoms with E-state index in [4.69, 9.17) is 5.73 Å². The van der Waals surface area contributed by atoms with Crippen LogP contribution in [0.3, 0.4) is 0 Å². The van der Waals surface area contributed by atoms with E-state index in [0.29, 0.717) is 18.8 Å². The lowest BCUT2D eigenvalue weighted by atomic mass is 10.0. The summed E-state index contributed by atoms with van der Waals surface area (Å²) in [5.74, 6) is 0.107. The molecule has 106 valence electrons. The van der Waals surface area contributed by atoms with E-state index < -0.39 is 11.9 Å². The van der Waals surface area contributed by atoms with Crippen LogP contribution >= 0.6 is 0 Å². The Balaban J connectivity index is 1.84. The summed E-state index contributed by atoms with van der Waals surface area (Å²) in [4.78, 5) is 25.9. The number of nitrogens with two attached hydrogens (primary N) is 1. The Morgan fingerprint density at radius 1 is 1.20 bits per heavy atom. The van der Waals surface area contributed by atoms with Crippen molar-refractivity contribution in [2.45, 2.75) is 44.6 Å². The lowest BCUT2D eigenvalue weighted by Gasteiger charge is -2.24. The van der Waals surface area contributed by atoms with Gasteiger partial charge in [-0.25, -0.2) is 0 Å². The van der Waals surface area contributed by atoms with Crippen molar-refractivity contribution in [3.05, 3.63) is 29.8 Å². The molecular weight excluding hydrogens is 252 g/mol. The largest absolute Gasteiger partial charge is 0.368 e. The summed E-state index contributed by atoms with van der Waals surface area (Å²) in [5.41, 5.74) is 7.38. The van der Waals surface area contributed by atoms with E-state index in [-0.39, 0.29) is 5.91 Å². The molecule has 0 radical (unpaired) electrons. The monoisotopic (exact) mass is 272 g/mol. The number of fused-ring (bicyclic) bond motifs is 1. The highest BCUT2D eigenvalue weighted by Crippen LogP contribution is 2.35. The number of amides is 2. The fraction of sp³-hybridized carbons (Fsp3) is 0.500. The molecule has 0 saturated heterocycles. The fourth-order valence-electron chi connectivity index (χ4n) is 3.48. The van der Waals surface area contributed by atoms with Crippen LogP contribution in [0.25, 0.3) is 0 Å². The molecule has 20 heavy (non-hydrogen) atoms. The first kappa shape index (κ1) is 13.2. The summed E-state index contributed by atoms with van der Waals surface area (Å²) in [6.45, 7) is 0. The Bertz CT molecular complexity index is 535. The van der Waals surface area contributed by atoms with Crippen LogP contribution in [0.2, 0.25) is 0 Å². The van der Waals surface area contributed by atoms with Crippen LogP contribution in [-0.4, -0.2) is 17.9 Å². The molecular formula is C16H20N2O2. The number of hydrogen-bond acceptors (Lipinski definition) is 2. The van der Waals surface area contributed by atoms with Gasteiger partial charge in [0.25, 0.3) is 0 Å². The standard InChI is InChI=1S/C16H20N2O2/c17-16(20)14-10-12-7-3-4-8-13(12)18(14)15(19)9-11-5-1-2-6-11/h3-4,7-8,11,14H,1-2,5-6,9-10H2,(H2,17,20)/t14-/m0/s1. The molecule has 1 aliphatic carbocycles.